The van der Waals surface area contributed by atoms with Gasteiger partial charge >= 0.3 is 12.1 Å². The summed E-state index contributed by atoms with van der Waals surface area (Å²) in [4.78, 5) is 46.2. The molecule has 4 aliphatic rings. The number of amides is 3. The van der Waals surface area contributed by atoms with E-state index in [2.05, 4.69) is 37.5 Å². The van der Waals surface area contributed by atoms with Crippen molar-refractivity contribution >= 4 is 40.0 Å². The minimum atomic E-state index is -0.853. The van der Waals surface area contributed by atoms with Crippen molar-refractivity contribution in [1.29, 1.82) is 0 Å². The quantitative estimate of drug-likeness (QED) is 0.352. The number of halogens is 1. The summed E-state index contributed by atoms with van der Waals surface area (Å²) in [6, 6.07) is 13.7. The standard InChI is InChI=1S/C35H46BrN5O4/c1-25-6-7-26(22-31(25)36)24-45-34(44)41-20-13-30(40-19-12-29-4-2-3-5-32(29)38-33(40)43)23-35(41,14-21-42)39-17-10-28(11-18-39)27-8-15-37-16-9-27/h2-7,21-22,27-28,30,37H,8-20,23-24H2,1H3,(H,38,43)/t30-,35+/m1/s1. The van der Waals surface area contributed by atoms with Crippen LogP contribution in [0.3, 0.4) is 0 Å². The highest BCUT2D eigenvalue weighted by molar-refractivity contribution is 9.10. The third kappa shape index (κ3) is 6.93. The molecule has 0 saturated carbocycles. The Morgan fingerprint density at radius 2 is 1.78 bits per heavy atom. The number of rotatable bonds is 7. The molecule has 10 heteroatoms. The summed E-state index contributed by atoms with van der Waals surface area (Å²) >= 11 is 3.58. The van der Waals surface area contributed by atoms with Crippen molar-refractivity contribution in [3.05, 3.63) is 63.6 Å². The molecule has 0 unspecified atom stereocenters. The molecule has 2 N–H and O–H groups in total. The van der Waals surface area contributed by atoms with E-state index < -0.39 is 11.8 Å². The molecule has 2 aromatic carbocycles. The average molecular weight is 681 g/mol. The number of para-hydroxylation sites is 1. The number of nitrogens with one attached hydrogen (secondary N) is 2. The third-order valence-corrected chi connectivity index (χ3v) is 11.6. The van der Waals surface area contributed by atoms with Gasteiger partial charge in [-0.15, -0.1) is 0 Å². The number of fused-ring (bicyclic) bond motifs is 1. The van der Waals surface area contributed by atoms with E-state index in [0.717, 1.165) is 84.5 Å². The van der Waals surface area contributed by atoms with E-state index in [0.29, 0.717) is 31.8 Å². The maximum atomic E-state index is 14.0. The Hall–Kier alpha value is -2.95. The van der Waals surface area contributed by atoms with Crippen LogP contribution < -0.4 is 10.6 Å². The number of hydrogen-bond acceptors (Lipinski definition) is 6. The number of piperidine rings is 3. The van der Waals surface area contributed by atoms with Gasteiger partial charge in [0.25, 0.3) is 0 Å². The molecule has 9 nitrogen and oxygen atoms in total. The first kappa shape index (κ1) is 32.0. The lowest BCUT2D eigenvalue weighted by Crippen LogP contribution is -2.69. The predicted molar refractivity (Wildman–Crippen MR) is 178 cm³/mol. The molecular formula is C35H46BrN5O4. The van der Waals surface area contributed by atoms with Crippen LogP contribution in [0.25, 0.3) is 0 Å². The van der Waals surface area contributed by atoms with E-state index in [9.17, 15) is 14.4 Å². The van der Waals surface area contributed by atoms with Crippen molar-refractivity contribution in [3.63, 3.8) is 0 Å². The second-order valence-corrected chi connectivity index (χ2v) is 14.1. The number of likely N-dealkylation sites (tertiary alicyclic amines) is 2. The molecule has 0 bridgehead atoms. The van der Waals surface area contributed by atoms with Gasteiger partial charge < -0.3 is 25.1 Å². The number of nitrogens with zero attached hydrogens (tertiary/aromatic N) is 3. The van der Waals surface area contributed by atoms with Crippen LogP contribution in [-0.2, 0) is 22.6 Å². The summed E-state index contributed by atoms with van der Waals surface area (Å²) in [6.45, 7) is 6.99. The number of aryl methyl sites for hydroxylation is 1. The molecule has 4 aliphatic heterocycles. The summed E-state index contributed by atoms with van der Waals surface area (Å²) in [6.07, 6.45) is 7.16. The first-order valence-corrected chi connectivity index (χ1v) is 17.4. The minimum absolute atomic E-state index is 0.112. The third-order valence-electron chi connectivity index (χ3n) is 10.7. The van der Waals surface area contributed by atoms with Gasteiger partial charge in [0.05, 0.1) is 0 Å². The fourth-order valence-corrected chi connectivity index (χ4v) is 8.58. The number of hydrogen-bond donors (Lipinski definition) is 2. The molecule has 0 aromatic heterocycles. The molecule has 2 aromatic rings. The molecule has 3 saturated heterocycles. The zero-order valence-corrected chi connectivity index (χ0v) is 27.9. The Morgan fingerprint density at radius 3 is 2.53 bits per heavy atom. The zero-order valence-electron chi connectivity index (χ0n) is 26.3. The largest absolute Gasteiger partial charge is 0.445 e. The van der Waals surface area contributed by atoms with Crippen molar-refractivity contribution in [2.75, 3.05) is 44.6 Å². The van der Waals surface area contributed by atoms with E-state index >= 15 is 0 Å². The van der Waals surface area contributed by atoms with Gasteiger partial charge in [-0.3, -0.25) is 9.80 Å². The number of anilines is 1. The number of urea groups is 1. The molecule has 0 spiro atoms. The summed E-state index contributed by atoms with van der Waals surface area (Å²) in [7, 11) is 0. The maximum absolute atomic E-state index is 14.0. The number of carbonyl (C=O) groups excluding carboxylic acids is 3. The van der Waals surface area contributed by atoms with Crippen LogP contribution >= 0.6 is 15.9 Å². The molecule has 4 heterocycles. The SMILES string of the molecule is Cc1ccc(COC(=O)N2CC[C@@H](N3CCc4ccccc4NC3=O)C[C@@]2(CC=O)N2CCC(C3CCNCC3)CC2)cc1Br. The van der Waals surface area contributed by atoms with Crippen molar-refractivity contribution in [3.8, 4) is 0 Å². The van der Waals surface area contributed by atoms with Crippen molar-refractivity contribution in [1.82, 2.24) is 20.0 Å². The molecule has 2 atom stereocenters. The Labute approximate surface area is 275 Å². The van der Waals surface area contributed by atoms with Crippen molar-refractivity contribution in [2.24, 2.45) is 11.8 Å². The minimum Gasteiger partial charge on any atom is -0.445 e. The van der Waals surface area contributed by atoms with Crippen molar-refractivity contribution in [2.45, 2.75) is 76.6 Å². The fourth-order valence-electron chi connectivity index (χ4n) is 8.15. The Balaban J connectivity index is 1.24. The van der Waals surface area contributed by atoms with Crippen LogP contribution in [-0.4, -0.2) is 84.1 Å². The first-order chi connectivity index (χ1) is 21.9. The van der Waals surface area contributed by atoms with Crippen molar-refractivity contribution < 1.29 is 19.1 Å². The lowest BCUT2D eigenvalue weighted by molar-refractivity contribution is -0.128. The molecule has 45 heavy (non-hydrogen) atoms. The second kappa shape index (κ2) is 14.2. The molecule has 3 fully saturated rings. The molecule has 3 amide bonds. The van der Waals surface area contributed by atoms with Gasteiger partial charge in [0, 0.05) is 55.2 Å². The highest BCUT2D eigenvalue weighted by Gasteiger charge is 2.52. The van der Waals surface area contributed by atoms with Crippen LogP contribution in [0.2, 0.25) is 0 Å². The van der Waals surface area contributed by atoms with Gasteiger partial charge in [-0.05, 0) is 99.2 Å². The molecule has 6 rings (SSSR count). The van der Waals surface area contributed by atoms with Gasteiger partial charge in [-0.25, -0.2) is 9.59 Å². The van der Waals surface area contributed by atoms with E-state index in [1.807, 2.05) is 53.1 Å². The normalized spacial score (nSPS) is 25.3. The highest BCUT2D eigenvalue weighted by atomic mass is 79.9. The molecular weight excluding hydrogens is 634 g/mol. The number of aldehydes is 1. The molecule has 242 valence electrons. The van der Waals surface area contributed by atoms with Crippen LogP contribution in [0.1, 0.15) is 61.6 Å². The Morgan fingerprint density at radius 1 is 1.02 bits per heavy atom. The number of benzene rings is 2. The van der Waals surface area contributed by atoms with Crippen LogP contribution in [0, 0.1) is 18.8 Å². The van der Waals surface area contributed by atoms with Gasteiger partial charge in [-0.2, -0.15) is 0 Å². The van der Waals surface area contributed by atoms with Crippen LogP contribution in [0.15, 0.2) is 46.9 Å². The van der Waals surface area contributed by atoms with E-state index in [1.165, 1.54) is 12.8 Å². The van der Waals surface area contributed by atoms with Gasteiger partial charge in [0.15, 0.2) is 0 Å². The second-order valence-electron chi connectivity index (χ2n) is 13.2. The first-order valence-electron chi connectivity index (χ1n) is 16.6. The summed E-state index contributed by atoms with van der Waals surface area (Å²) in [5.74, 6) is 1.39. The lowest BCUT2D eigenvalue weighted by atomic mass is 9.77. The Kier molecular flexibility index (Phi) is 10.1. The monoisotopic (exact) mass is 679 g/mol. The summed E-state index contributed by atoms with van der Waals surface area (Å²) in [5, 5.41) is 6.61. The topological polar surface area (TPSA) is 94.2 Å². The lowest BCUT2D eigenvalue weighted by Gasteiger charge is -2.56. The summed E-state index contributed by atoms with van der Waals surface area (Å²) in [5.41, 5.74) is 3.14. The molecule has 0 radical (unpaired) electrons. The van der Waals surface area contributed by atoms with E-state index in [-0.39, 0.29) is 25.1 Å². The smallest absolute Gasteiger partial charge is 0.411 e. The number of ether oxygens (including phenoxy) is 1. The van der Waals surface area contributed by atoms with Gasteiger partial charge in [0.1, 0.15) is 18.6 Å². The highest BCUT2D eigenvalue weighted by Crippen LogP contribution is 2.41. The Bertz CT molecular complexity index is 1380. The maximum Gasteiger partial charge on any atom is 0.411 e. The molecule has 0 aliphatic carbocycles. The fraction of sp³-hybridized carbons (Fsp3) is 0.571. The van der Waals surface area contributed by atoms with Gasteiger partial charge in [-0.1, -0.05) is 46.3 Å². The predicted octanol–water partition coefficient (Wildman–Crippen LogP) is 5.95. The average Bonchev–Trinajstić information content (AvgIpc) is 3.23. The van der Waals surface area contributed by atoms with Crippen LogP contribution in [0.5, 0.6) is 0 Å². The summed E-state index contributed by atoms with van der Waals surface area (Å²) < 4.78 is 6.93. The number of carbonyl (C=O) groups is 3. The van der Waals surface area contributed by atoms with E-state index in [1.54, 1.807) is 0 Å². The van der Waals surface area contributed by atoms with Crippen LogP contribution in [0.4, 0.5) is 15.3 Å². The van der Waals surface area contributed by atoms with Gasteiger partial charge in [0.2, 0.25) is 0 Å². The zero-order chi connectivity index (χ0) is 31.4. The van der Waals surface area contributed by atoms with E-state index in [4.69, 9.17) is 4.74 Å².